The first-order valence-corrected chi connectivity index (χ1v) is 10.1. The van der Waals surface area contributed by atoms with Crippen molar-refractivity contribution in [2.45, 2.75) is 55.5 Å². The molecule has 1 saturated heterocycles. The van der Waals surface area contributed by atoms with Crippen LogP contribution in [0.4, 0.5) is 0 Å². The molecule has 0 spiro atoms. The lowest BCUT2D eigenvalue weighted by molar-refractivity contribution is -0.121. The van der Waals surface area contributed by atoms with E-state index in [9.17, 15) is 13.2 Å². The third kappa shape index (κ3) is 6.26. The number of piperidine rings is 1. The van der Waals surface area contributed by atoms with Crippen molar-refractivity contribution in [2.75, 3.05) is 13.1 Å². The Balaban J connectivity index is 0.00000225. The Hall–Kier alpha value is -1.15. The fraction of sp³-hybridized carbons (Fsp3) is 0.588. The van der Waals surface area contributed by atoms with Gasteiger partial charge in [-0.1, -0.05) is 12.1 Å². The van der Waals surface area contributed by atoms with Gasteiger partial charge in [0.05, 0.1) is 4.90 Å². The van der Waals surface area contributed by atoms with E-state index in [-0.39, 0.29) is 35.3 Å². The average Bonchev–Trinajstić information content (AvgIpc) is 3.37. The van der Waals surface area contributed by atoms with Crippen molar-refractivity contribution in [1.29, 1.82) is 0 Å². The van der Waals surface area contributed by atoms with Gasteiger partial charge in [0.2, 0.25) is 15.9 Å². The van der Waals surface area contributed by atoms with E-state index in [1.54, 1.807) is 24.3 Å². The highest BCUT2D eigenvalue weighted by Gasteiger charge is 2.27. The Bertz CT molecular complexity index is 669. The summed E-state index contributed by atoms with van der Waals surface area (Å²) in [5, 5.41) is 6.32. The quantitative estimate of drug-likeness (QED) is 0.659. The number of hydrogen-bond acceptors (Lipinski definition) is 4. The lowest BCUT2D eigenvalue weighted by Crippen LogP contribution is -2.45. The zero-order valence-electron chi connectivity index (χ0n) is 14.2. The molecule has 3 rings (SSSR count). The molecule has 8 heteroatoms. The van der Waals surface area contributed by atoms with Crippen LogP contribution < -0.4 is 15.4 Å². The third-order valence-corrected chi connectivity index (χ3v) is 5.97. The van der Waals surface area contributed by atoms with Crippen LogP contribution in [0.25, 0.3) is 0 Å². The molecule has 1 saturated carbocycles. The Morgan fingerprint density at radius 2 is 1.84 bits per heavy atom. The summed E-state index contributed by atoms with van der Waals surface area (Å²) in [4.78, 5) is 12.3. The smallest absolute Gasteiger partial charge is 0.240 e. The van der Waals surface area contributed by atoms with Crippen LogP contribution in [-0.2, 0) is 21.2 Å². The topological polar surface area (TPSA) is 87.3 Å². The molecule has 2 aliphatic rings. The van der Waals surface area contributed by atoms with Crippen molar-refractivity contribution in [1.82, 2.24) is 15.4 Å². The molecule has 2 fully saturated rings. The molecular weight excluding hydrogens is 362 g/mol. The van der Waals surface area contributed by atoms with Crippen molar-refractivity contribution >= 4 is 28.3 Å². The third-order valence-electron chi connectivity index (χ3n) is 4.44. The van der Waals surface area contributed by atoms with E-state index in [1.165, 1.54) is 0 Å². The molecule has 0 unspecified atom stereocenters. The fourth-order valence-corrected chi connectivity index (χ4v) is 4.16. The van der Waals surface area contributed by atoms with Crippen LogP contribution in [0.3, 0.4) is 0 Å². The van der Waals surface area contributed by atoms with Gasteiger partial charge < -0.3 is 10.6 Å². The summed E-state index contributed by atoms with van der Waals surface area (Å²) in [5.41, 5.74) is 0.970. The number of sulfonamides is 1. The summed E-state index contributed by atoms with van der Waals surface area (Å²) < 4.78 is 26.9. The number of nitrogens with one attached hydrogen (secondary N) is 3. The lowest BCUT2D eigenvalue weighted by atomic mass is 10.1. The normalized spacial score (nSPS) is 20.6. The SMILES string of the molecule is Cl.O=C(CCc1ccc(S(=O)(=O)NC2CC2)cc1)N[C@H]1CCCNC1. The minimum atomic E-state index is -3.40. The van der Waals surface area contributed by atoms with Crippen LogP contribution in [0, 0.1) is 0 Å². The second-order valence-corrected chi connectivity index (χ2v) is 8.36. The molecule has 1 heterocycles. The number of hydrogen-bond donors (Lipinski definition) is 3. The zero-order valence-corrected chi connectivity index (χ0v) is 15.8. The van der Waals surface area contributed by atoms with Gasteiger partial charge in [-0.05, 0) is 56.3 Å². The molecule has 3 N–H and O–H groups in total. The van der Waals surface area contributed by atoms with E-state index in [2.05, 4.69) is 15.4 Å². The number of rotatable bonds is 7. The van der Waals surface area contributed by atoms with Crippen molar-refractivity contribution in [3.63, 3.8) is 0 Å². The average molecular weight is 388 g/mol. The highest BCUT2D eigenvalue weighted by molar-refractivity contribution is 7.89. The lowest BCUT2D eigenvalue weighted by Gasteiger charge is -2.23. The maximum absolute atomic E-state index is 12.1. The summed E-state index contributed by atoms with van der Waals surface area (Å²) in [5.74, 6) is 0.0517. The van der Waals surface area contributed by atoms with Gasteiger partial charge in [0.25, 0.3) is 0 Å². The summed E-state index contributed by atoms with van der Waals surface area (Å²) in [6.07, 6.45) is 4.99. The molecule has 1 aliphatic heterocycles. The molecule has 0 aromatic heterocycles. The minimum absolute atomic E-state index is 0. The van der Waals surface area contributed by atoms with Crippen LogP contribution in [0.5, 0.6) is 0 Å². The maximum Gasteiger partial charge on any atom is 0.240 e. The molecule has 6 nitrogen and oxygen atoms in total. The van der Waals surface area contributed by atoms with Crippen molar-refractivity contribution < 1.29 is 13.2 Å². The van der Waals surface area contributed by atoms with Gasteiger partial charge in [-0.15, -0.1) is 12.4 Å². The van der Waals surface area contributed by atoms with Crippen LogP contribution in [0.2, 0.25) is 0 Å². The second-order valence-electron chi connectivity index (χ2n) is 6.65. The van der Waals surface area contributed by atoms with Crippen LogP contribution in [0.1, 0.15) is 37.7 Å². The Morgan fingerprint density at radius 3 is 2.44 bits per heavy atom. The standard InChI is InChI=1S/C17H25N3O3S.ClH/c21-17(19-15-2-1-11-18-12-15)10-5-13-3-8-16(9-4-13)24(22,23)20-14-6-7-14;/h3-4,8-9,14-15,18,20H,1-2,5-7,10-12H2,(H,19,21);1H/t15-;/m0./s1. The first kappa shape index (κ1) is 20.2. The Morgan fingerprint density at radius 1 is 1.12 bits per heavy atom. The van der Waals surface area contributed by atoms with Crippen LogP contribution in [-0.4, -0.2) is 39.5 Å². The van der Waals surface area contributed by atoms with Gasteiger partial charge in [-0.25, -0.2) is 13.1 Å². The molecule has 1 aromatic carbocycles. The van der Waals surface area contributed by atoms with Gasteiger partial charge >= 0.3 is 0 Å². The predicted octanol–water partition coefficient (Wildman–Crippen LogP) is 1.35. The van der Waals surface area contributed by atoms with E-state index < -0.39 is 10.0 Å². The molecule has 140 valence electrons. The molecule has 1 aromatic rings. The van der Waals surface area contributed by atoms with E-state index in [0.29, 0.717) is 12.8 Å². The number of benzene rings is 1. The van der Waals surface area contributed by atoms with Crippen molar-refractivity contribution in [2.24, 2.45) is 0 Å². The van der Waals surface area contributed by atoms with Crippen LogP contribution in [0.15, 0.2) is 29.2 Å². The summed E-state index contributed by atoms with van der Waals surface area (Å²) in [7, 11) is -3.40. The number of halogens is 1. The summed E-state index contributed by atoms with van der Waals surface area (Å²) in [6.45, 7) is 1.86. The molecule has 0 radical (unpaired) electrons. The van der Waals surface area contributed by atoms with Crippen LogP contribution >= 0.6 is 12.4 Å². The maximum atomic E-state index is 12.1. The molecular formula is C17H26ClN3O3S. The summed E-state index contributed by atoms with van der Waals surface area (Å²) >= 11 is 0. The minimum Gasteiger partial charge on any atom is -0.352 e. The fourth-order valence-electron chi connectivity index (χ4n) is 2.86. The van der Waals surface area contributed by atoms with E-state index in [0.717, 1.165) is 44.3 Å². The molecule has 0 bridgehead atoms. The molecule has 1 atom stereocenters. The van der Waals surface area contributed by atoms with E-state index >= 15 is 0 Å². The zero-order chi connectivity index (χ0) is 17.0. The van der Waals surface area contributed by atoms with Crippen molar-refractivity contribution in [3.8, 4) is 0 Å². The second kappa shape index (κ2) is 8.98. The molecule has 1 amide bonds. The Kier molecular flexibility index (Phi) is 7.25. The van der Waals surface area contributed by atoms with Gasteiger partial charge in [0.15, 0.2) is 0 Å². The first-order chi connectivity index (χ1) is 11.5. The monoisotopic (exact) mass is 387 g/mol. The largest absolute Gasteiger partial charge is 0.352 e. The highest BCUT2D eigenvalue weighted by atomic mass is 35.5. The van der Waals surface area contributed by atoms with Gasteiger partial charge in [0.1, 0.15) is 0 Å². The predicted molar refractivity (Wildman–Crippen MR) is 99.4 cm³/mol. The number of carbonyl (C=O) groups excluding carboxylic acids is 1. The van der Waals surface area contributed by atoms with E-state index in [1.807, 2.05) is 0 Å². The van der Waals surface area contributed by atoms with Gasteiger partial charge in [0, 0.05) is 25.0 Å². The van der Waals surface area contributed by atoms with Gasteiger partial charge in [-0.3, -0.25) is 4.79 Å². The number of amides is 1. The molecule has 1 aliphatic carbocycles. The van der Waals surface area contributed by atoms with Gasteiger partial charge in [-0.2, -0.15) is 0 Å². The number of aryl methyl sites for hydroxylation is 1. The van der Waals surface area contributed by atoms with E-state index in [4.69, 9.17) is 0 Å². The Labute approximate surface area is 155 Å². The molecule has 25 heavy (non-hydrogen) atoms. The number of carbonyl (C=O) groups is 1. The summed E-state index contributed by atoms with van der Waals surface area (Å²) in [6, 6.07) is 7.14. The highest BCUT2D eigenvalue weighted by Crippen LogP contribution is 2.22. The van der Waals surface area contributed by atoms with Crippen molar-refractivity contribution in [3.05, 3.63) is 29.8 Å². The first-order valence-electron chi connectivity index (χ1n) is 8.64.